The summed E-state index contributed by atoms with van der Waals surface area (Å²) in [6.45, 7) is 2.71. The van der Waals surface area contributed by atoms with Crippen molar-refractivity contribution in [3.05, 3.63) is 47.8 Å². The van der Waals surface area contributed by atoms with Gasteiger partial charge in [-0.05, 0) is 24.6 Å². The van der Waals surface area contributed by atoms with Crippen LogP contribution in [0.15, 0.2) is 30.7 Å². The van der Waals surface area contributed by atoms with E-state index < -0.39 is 6.04 Å². The Kier molecular flexibility index (Phi) is 2.96. The van der Waals surface area contributed by atoms with Crippen molar-refractivity contribution in [3.63, 3.8) is 0 Å². The van der Waals surface area contributed by atoms with Gasteiger partial charge in [-0.3, -0.25) is 9.67 Å². The van der Waals surface area contributed by atoms with E-state index >= 15 is 0 Å². The Bertz CT molecular complexity index is 480. The Balaban J connectivity index is 2.35. The molecule has 2 N–H and O–H groups in total. The molecule has 2 heterocycles. The molecular weight excluding hydrogens is 207 g/mol. The van der Waals surface area contributed by atoms with Crippen LogP contribution in [0, 0.1) is 5.82 Å². The van der Waals surface area contributed by atoms with Crippen LogP contribution in [0.3, 0.4) is 0 Å². The first-order valence-corrected chi connectivity index (χ1v) is 5.10. The fourth-order valence-corrected chi connectivity index (χ4v) is 1.64. The normalized spacial score (nSPS) is 12.7. The van der Waals surface area contributed by atoms with Gasteiger partial charge >= 0.3 is 0 Å². The number of halogens is 1. The number of nitrogens with zero attached hydrogens (tertiary/aromatic N) is 3. The number of pyridine rings is 1. The van der Waals surface area contributed by atoms with Gasteiger partial charge in [-0.15, -0.1) is 0 Å². The van der Waals surface area contributed by atoms with Gasteiger partial charge in [0.15, 0.2) is 0 Å². The maximum atomic E-state index is 13.0. The third-order valence-electron chi connectivity index (χ3n) is 2.45. The topological polar surface area (TPSA) is 56.7 Å². The van der Waals surface area contributed by atoms with Crippen LogP contribution < -0.4 is 5.73 Å². The minimum Gasteiger partial charge on any atom is -0.319 e. The van der Waals surface area contributed by atoms with Crippen molar-refractivity contribution in [1.29, 1.82) is 0 Å². The van der Waals surface area contributed by atoms with Crippen molar-refractivity contribution < 1.29 is 4.39 Å². The second kappa shape index (κ2) is 4.40. The Morgan fingerprint density at radius 2 is 2.31 bits per heavy atom. The second-order valence-corrected chi connectivity index (χ2v) is 3.49. The first kappa shape index (κ1) is 10.8. The van der Waals surface area contributed by atoms with Gasteiger partial charge in [0, 0.05) is 18.9 Å². The lowest BCUT2D eigenvalue weighted by atomic mass is 10.1. The molecule has 0 radical (unpaired) electrons. The zero-order chi connectivity index (χ0) is 11.5. The third kappa shape index (κ3) is 1.94. The van der Waals surface area contributed by atoms with Crippen LogP contribution in [-0.2, 0) is 6.54 Å². The predicted molar refractivity (Wildman–Crippen MR) is 58.1 cm³/mol. The molecule has 0 saturated carbocycles. The fourth-order valence-electron chi connectivity index (χ4n) is 1.64. The van der Waals surface area contributed by atoms with E-state index in [0.29, 0.717) is 5.56 Å². The summed E-state index contributed by atoms with van der Waals surface area (Å²) in [5.41, 5.74) is 7.54. The van der Waals surface area contributed by atoms with Crippen molar-refractivity contribution in [2.75, 3.05) is 0 Å². The molecule has 0 bridgehead atoms. The molecule has 84 valence electrons. The maximum absolute atomic E-state index is 13.0. The van der Waals surface area contributed by atoms with Crippen molar-refractivity contribution >= 4 is 0 Å². The summed E-state index contributed by atoms with van der Waals surface area (Å²) in [5, 5.41) is 4.13. The summed E-state index contributed by atoms with van der Waals surface area (Å²) >= 11 is 0. The molecule has 0 spiro atoms. The Hall–Kier alpha value is -1.75. The Morgan fingerprint density at radius 1 is 1.50 bits per heavy atom. The molecule has 4 nitrogen and oxygen atoms in total. The highest BCUT2D eigenvalue weighted by Crippen LogP contribution is 2.18. The first-order chi connectivity index (χ1) is 7.72. The predicted octanol–water partition coefficient (Wildman–Crippen LogP) is 1.49. The summed E-state index contributed by atoms with van der Waals surface area (Å²) in [4.78, 5) is 3.79. The highest BCUT2D eigenvalue weighted by Gasteiger charge is 2.14. The molecule has 0 aliphatic carbocycles. The van der Waals surface area contributed by atoms with Crippen LogP contribution in [0.2, 0.25) is 0 Å². The number of rotatable bonds is 3. The molecule has 0 aromatic carbocycles. The molecule has 0 aliphatic heterocycles. The first-order valence-electron chi connectivity index (χ1n) is 5.10. The van der Waals surface area contributed by atoms with E-state index in [1.807, 2.05) is 13.0 Å². The van der Waals surface area contributed by atoms with Gasteiger partial charge in [0.05, 0.1) is 17.9 Å². The molecule has 1 unspecified atom stereocenters. The molecular formula is C11H13FN4. The van der Waals surface area contributed by atoms with E-state index in [-0.39, 0.29) is 5.82 Å². The van der Waals surface area contributed by atoms with Crippen LogP contribution in [0.25, 0.3) is 0 Å². The lowest BCUT2D eigenvalue weighted by Gasteiger charge is -2.13. The highest BCUT2D eigenvalue weighted by molar-refractivity contribution is 5.24. The van der Waals surface area contributed by atoms with Gasteiger partial charge in [-0.25, -0.2) is 4.39 Å². The van der Waals surface area contributed by atoms with Gasteiger partial charge in [-0.1, -0.05) is 0 Å². The average Bonchev–Trinajstić information content (AvgIpc) is 2.76. The molecule has 16 heavy (non-hydrogen) atoms. The molecule has 0 aliphatic rings. The van der Waals surface area contributed by atoms with Crippen LogP contribution in [0.1, 0.15) is 24.2 Å². The number of hydrogen-bond acceptors (Lipinski definition) is 3. The number of aryl methyl sites for hydroxylation is 1. The largest absolute Gasteiger partial charge is 0.319 e. The smallest absolute Gasteiger partial charge is 0.141 e. The Morgan fingerprint density at radius 3 is 3.00 bits per heavy atom. The molecule has 2 aromatic rings. The van der Waals surface area contributed by atoms with Crippen molar-refractivity contribution in [3.8, 4) is 0 Å². The second-order valence-electron chi connectivity index (χ2n) is 3.49. The highest BCUT2D eigenvalue weighted by atomic mass is 19.1. The van der Waals surface area contributed by atoms with Crippen LogP contribution in [-0.4, -0.2) is 14.8 Å². The fraction of sp³-hybridized carbons (Fsp3) is 0.273. The van der Waals surface area contributed by atoms with Crippen LogP contribution in [0.5, 0.6) is 0 Å². The number of nitrogens with two attached hydrogens (primary N) is 1. The maximum Gasteiger partial charge on any atom is 0.141 e. The van der Waals surface area contributed by atoms with E-state index in [0.717, 1.165) is 18.4 Å². The quantitative estimate of drug-likeness (QED) is 0.852. The Labute approximate surface area is 92.9 Å². The van der Waals surface area contributed by atoms with E-state index in [4.69, 9.17) is 5.73 Å². The van der Waals surface area contributed by atoms with E-state index in [1.54, 1.807) is 17.1 Å². The SMILES string of the molecule is CCn1nccc1C(N)c1cncc(F)c1. The van der Waals surface area contributed by atoms with Crippen LogP contribution >= 0.6 is 0 Å². The zero-order valence-corrected chi connectivity index (χ0v) is 8.97. The van der Waals surface area contributed by atoms with E-state index in [2.05, 4.69) is 10.1 Å². The minimum absolute atomic E-state index is 0.379. The molecule has 5 heteroatoms. The lowest BCUT2D eigenvalue weighted by Crippen LogP contribution is -2.17. The molecule has 0 amide bonds. The molecule has 1 atom stereocenters. The number of hydrogen-bond donors (Lipinski definition) is 1. The monoisotopic (exact) mass is 220 g/mol. The van der Waals surface area contributed by atoms with Crippen molar-refractivity contribution in [2.24, 2.45) is 5.73 Å². The summed E-state index contributed by atoms with van der Waals surface area (Å²) in [6.07, 6.45) is 4.42. The van der Waals surface area contributed by atoms with Gasteiger partial charge in [0.1, 0.15) is 5.82 Å². The summed E-state index contributed by atoms with van der Waals surface area (Å²) < 4.78 is 14.8. The third-order valence-corrected chi connectivity index (χ3v) is 2.45. The van der Waals surface area contributed by atoms with E-state index in [1.165, 1.54) is 6.07 Å². The van der Waals surface area contributed by atoms with Crippen molar-refractivity contribution in [2.45, 2.75) is 19.5 Å². The lowest BCUT2D eigenvalue weighted by molar-refractivity contribution is 0.591. The zero-order valence-electron chi connectivity index (χ0n) is 8.97. The van der Waals surface area contributed by atoms with Gasteiger partial charge in [0.2, 0.25) is 0 Å². The molecule has 0 fully saturated rings. The standard InChI is InChI=1S/C11H13FN4/c1-2-16-10(3-4-15-16)11(13)8-5-9(12)7-14-6-8/h3-7,11H,2,13H2,1H3. The van der Waals surface area contributed by atoms with Gasteiger partial charge < -0.3 is 5.73 Å². The summed E-state index contributed by atoms with van der Waals surface area (Å²) in [7, 11) is 0. The van der Waals surface area contributed by atoms with Gasteiger partial charge in [-0.2, -0.15) is 5.10 Å². The summed E-state index contributed by atoms with van der Waals surface area (Å²) in [6, 6.07) is 2.83. The van der Waals surface area contributed by atoms with Crippen LogP contribution in [0.4, 0.5) is 4.39 Å². The minimum atomic E-state index is -0.398. The van der Waals surface area contributed by atoms with Gasteiger partial charge in [0.25, 0.3) is 0 Å². The van der Waals surface area contributed by atoms with E-state index in [9.17, 15) is 4.39 Å². The average molecular weight is 220 g/mol. The number of aromatic nitrogens is 3. The molecule has 2 rings (SSSR count). The molecule has 2 aromatic heterocycles. The van der Waals surface area contributed by atoms with Crippen molar-refractivity contribution in [1.82, 2.24) is 14.8 Å². The summed E-state index contributed by atoms with van der Waals surface area (Å²) in [5.74, 6) is -0.379. The molecule has 0 saturated heterocycles.